The molecule has 0 aliphatic rings. The predicted molar refractivity (Wildman–Crippen MR) is 129 cm³/mol. The Labute approximate surface area is 181 Å². The quantitative estimate of drug-likeness (QED) is 0.401. The molecule has 0 spiro atoms. The van der Waals surface area contributed by atoms with E-state index < -0.39 is 0 Å². The van der Waals surface area contributed by atoms with Gasteiger partial charge < -0.3 is 16.8 Å². The molecule has 0 heterocycles. The number of hydrogen-bond acceptors (Lipinski definition) is 5. The molecule has 6 heteroatoms. The zero-order chi connectivity index (χ0) is 21.2. The van der Waals surface area contributed by atoms with E-state index in [-0.39, 0.29) is 0 Å². The largest absolute Gasteiger partial charge is 0.404 e. The number of hydrogen-bond donors (Lipinski definition) is 3. The smallest absolute Gasteiger partial charge is 0.0744 e. The minimum absolute atomic E-state index is 0.606. The lowest BCUT2D eigenvalue weighted by atomic mass is 10.1. The Bertz CT molecular complexity index is 940. The maximum atomic E-state index is 6.18. The van der Waals surface area contributed by atoms with Crippen LogP contribution in [0.25, 0.3) is 5.70 Å². The maximum Gasteiger partial charge on any atom is 0.0744 e. The zero-order valence-electron chi connectivity index (χ0n) is 17.1. The van der Waals surface area contributed by atoms with Gasteiger partial charge in [0.05, 0.1) is 22.4 Å². The van der Waals surface area contributed by atoms with Gasteiger partial charge >= 0.3 is 0 Å². The van der Waals surface area contributed by atoms with Gasteiger partial charge in [0, 0.05) is 29.7 Å². The Kier molecular flexibility index (Phi) is 8.83. The second-order valence-corrected chi connectivity index (χ2v) is 7.49. The first-order valence-electron chi connectivity index (χ1n) is 9.37. The number of nitrogens with zero attached hydrogens (tertiary/aromatic N) is 2. The van der Waals surface area contributed by atoms with E-state index in [4.69, 9.17) is 21.5 Å². The molecule has 0 saturated carbocycles. The number of aliphatic imine (C=N–C) groups is 2. The minimum atomic E-state index is 0.606. The van der Waals surface area contributed by atoms with Crippen molar-refractivity contribution in [1.82, 2.24) is 5.32 Å². The van der Waals surface area contributed by atoms with E-state index in [9.17, 15) is 0 Å². The number of nitrogen functional groups attached to an aromatic ring is 1. The molecule has 0 aliphatic heterocycles. The van der Waals surface area contributed by atoms with Crippen LogP contribution < -0.4 is 16.8 Å². The van der Waals surface area contributed by atoms with Crippen molar-refractivity contribution in [1.29, 1.82) is 0 Å². The van der Waals surface area contributed by atoms with E-state index in [0.29, 0.717) is 12.2 Å². The lowest BCUT2D eigenvalue weighted by molar-refractivity contribution is 0.817. The first-order chi connectivity index (χ1) is 13.9. The minimum Gasteiger partial charge on any atom is -0.404 e. The summed E-state index contributed by atoms with van der Waals surface area (Å²) in [5.41, 5.74) is 18.1. The fourth-order valence-electron chi connectivity index (χ4n) is 2.68. The molecule has 0 aliphatic carbocycles. The molecule has 0 fully saturated rings. The molecular weight excluding hydrogens is 426 g/mol. The standard InChI is InChI=1S/C23H28BrN5/c1-16(28-15-19-10-8-18(9-11-19)14-27-3)12-23(29-17(2)21(24)13-25)20-6-4-5-7-22(20)26/h4-13,27H,14-15,25-26H2,1-3H3/b21-13+,23-12-,28-16?,29-17-. The van der Waals surface area contributed by atoms with E-state index in [1.165, 1.54) is 11.8 Å². The average Bonchev–Trinajstić information content (AvgIpc) is 2.72. The summed E-state index contributed by atoms with van der Waals surface area (Å²) in [5.74, 6) is 0. The highest BCUT2D eigenvalue weighted by molar-refractivity contribution is 9.12. The molecule has 29 heavy (non-hydrogen) atoms. The predicted octanol–water partition coefficient (Wildman–Crippen LogP) is 4.65. The molecule has 0 radical (unpaired) electrons. The van der Waals surface area contributed by atoms with Crippen LogP contribution in [0.1, 0.15) is 30.5 Å². The Hall–Kier alpha value is -2.70. The number of rotatable bonds is 8. The van der Waals surface area contributed by atoms with Gasteiger partial charge in [-0.3, -0.25) is 9.98 Å². The average molecular weight is 454 g/mol. The van der Waals surface area contributed by atoms with Crippen LogP contribution in [0.2, 0.25) is 0 Å². The highest BCUT2D eigenvalue weighted by Gasteiger charge is 2.07. The number of para-hydroxylation sites is 1. The fraction of sp³-hybridized carbons (Fsp3) is 0.217. The van der Waals surface area contributed by atoms with Gasteiger partial charge in [-0.05, 0) is 60.1 Å². The van der Waals surface area contributed by atoms with Crippen LogP contribution in [-0.2, 0) is 13.1 Å². The molecule has 5 nitrogen and oxygen atoms in total. The number of anilines is 1. The summed E-state index contributed by atoms with van der Waals surface area (Å²) in [4.78, 5) is 9.42. The van der Waals surface area contributed by atoms with Crippen molar-refractivity contribution >= 4 is 38.7 Å². The Balaban J connectivity index is 2.31. The second kappa shape index (κ2) is 11.3. The van der Waals surface area contributed by atoms with Crippen LogP contribution in [0.5, 0.6) is 0 Å². The third-order valence-corrected chi connectivity index (χ3v) is 5.12. The van der Waals surface area contributed by atoms with Crippen molar-refractivity contribution in [3.8, 4) is 0 Å². The summed E-state index contributed by atoms with van der Waals surface area (Å²) >= 11 is 3.42. The second-order valence-electron chi connectivity index (χ2n) is 6.63. The van der Waals surface area contributed by atoms with Crippen LogP contribution in [0.4, 0.5) is 5.69 Å². The number of nitrogens with two attached hydrogens (primary N) is 2. The van der Waals surface area contributed by atoms with Crippen LogP contribution in [0, 0.1) is 0 Å². The van der Waals surface area contributed by atoms with E-state index in [1.54, 1.807) is 0 Å². The molecule has 2 rings (SSSR count). The van der Waals surface area contributed by atoms with Crippen molar-refractivity contribution in [3.05, 3.63) is 82.0 Å². The Morgan fingerprint density at radius 2 is 1.72 bits per heavy atom. The van der Waals surface area contributed by atoms with Gasteiger partial charge in [0.25, 0.3) is 0 Å². The van der Waals surface area contributed by atoms with Crippen LogP contribution in [-0.4, -0.2) is 18.5 Å². The maximum absolute atomic E-state index is 6.18. The molecule has 152 valence electrons. The van der Waals surface area contributed by atoms with E-state index in [2.05, 4.69) is 45.5 Å². The molecule has 2 aromatic carbocycles. The summed E-state index contributed by atoms with van der Waals surface area (Å²) in [6.45, 7) is 5.32. The highest BCUT2D eigenvalue weighted by atomic mass is 79.9. The van der Waals surface area contributed by atoms with Gasteiger partial charge in [0.2, 0.25) is 0 Å². The van der Waals surface area contributed by atoms with Crippen molar-refractivity contribution in [3.63, 3.8) is 0 Å². The Morgan fingerprint density at radius 1 is 1.07 bits per heavy atom. The molecule has 0 saturated heterocycles. The normalized spacial score (nSPS) is 13.7. The fourth-order valence-corrected chi connectivity index (χ4v) is 2.77. The molecule has 0 unspecified atom stereocenters. The molecule has 0 amide bonds. The number of halogens is 1. The molecule has 5 N–H and O–H groups in total. The first kappa shape index (κ1) is 22.6. The van der Waals surface area contributed by atoms with Crippen molar-refractivity contribution < 1.29 is 0 Å². The molecular formula is C23H28BrN5. The lowest BCUT2D eigenvalue weighted by Gasteiger charge is -2.08. The van der Waals surface area contributed by atoms with Gasteiger partial charge in [0.15, 0.2) is 0 Å². The van der Waals surface area contributed by atoms with Gasteiger partial charge in [-0.25, -0.2) is 0 Å². The monoisotopic (exact) mass is 453 g/mol. The summed E-state index contributed by atoms with van der Waals surface area (Å²) in [5, 5.41) is 3.15. The van der Waals surface area contributed by atoms with Gasteiger partial charge in [-0.15, -0.1) is 0 Å². The SMILES string of the molecule is CNCc1ccc(CN=C(C)\C=C(/N=C(C)\C(Br)=C/N)c2ccccc2N)cc1. The van der Waals surface area contributed by atoms with E-state index in [0.717, 1.165) is 39.3 Å². The van der Waals surface area contributed by atoms with Crippen LogP contribution in [0.15, 0.2) is 75.3 Å². The van der Waals surface area contributed by atoms with Gasteiger partial charge in [-0.1, -0.05) is 42.5 Å². The topological polar surface area (TPSA) is 88.8 Å². The van der Waals surface area contributed by atoms with Gasteiger partial charge in [-0.2, -0.15) is 0 Å². The number of allylic oxidation sites excluding steroid dienone is 2. The number of nitrogens with one attached hydrogen (secondary N) is 1. The van der Waals surface area contributed by atoms with Crippen LogP contribution in [0.3, 0.4) is 0 Å². The molecule has 0 aromatic heterocycles. The third kappa shape index (κ3) is 7.00. The van der Waals surface area contributed by atoms with Gasteiger partial charge in [0.1, 0.15) is 0 Å². The number of benzene rings is 2. The highest BCUT2D eigenvalue weighted by Crippen LogP contribution is 2.24. The van der Waals surface area contributed by atoms with Crippen molar-refractivity contribution in [2.75, 3.05) is 12.8 Å². The summed E-state index contributed by atoms with van der Waals surface area (Å²) < 4.78 is 0.731. The zero-order valence-corrected chi connectivity index (χ0v) is 18.7. The van der Waals surface area contributed by atoms with E-state index in [1.807, 2.05) is 51.2 Å². The molecule has 0 atom stereocenters. The Morgan fingerprint density at radius 3 is 2.34 bits per heavy atom. The van der Waals surface area contributed by atoms with E-state index >= 15 is 0 Å². The molecule has 0 bridgehead atoms. The summed E-state index contributed by atoms with van der Waals surface area (Å²) in [7, 11) is 1.94. The molecule has 2 aromatic rings. The lowest BCUT2D eigenvalue weighted by Crippen LogP contribution is -2.04. The van der Waals surface area contributed by atoms with Crippen molar-refractivity contribution in [2.24, 2.45) is 15.7 Å². The van der Waals surface area contributed by atoms with Crippen molar-refractivity contribution in [2.45, 2.75) is 26.9 Å². The summed E-state index contributed by atoms with van der Waals surface area (Å²) in [6, 6.07) is 16.1. The third-order valence-electron chi connectivity index (χ3n) is 4.28. The summed E-state index contributed by atoms with van der Waals surface area (Å²) in [6.07, 6.45) is 3.42. The van der Waals surface area contributed by atoms with Crippen LogP contribution >= 0.6 is 15.9 Å². The first-order valence-corrected chi connectivity index (χ1v) is 10.2.